The summed E-state index contributed by atoms with van der Waals surface area (Å²) >= 11 is 0. The van der Waals surface area contributed by atoms with Gasteiger partial charge in [-0.25, -0.2) is 4.90 Å². The molecule has 0 saturated carbocycles. The van der Waals surface area contributed by atoms with Crippen molar-refractivity contribution >= 4 is 17.5 Å². The molecule has 2 heterocycles. The highest BCUT2D eigenvalue weighted by molar-refractivity contribution is 6.22. The minimum absolute atomic E-state index is 0.0998. The Balaban J connectivity index is 1.48. The van der Waals surface area contributed by atoms with Crippen molar-refractivity contribution in [3.8, 4) is 11.5 Å². The molecule has 6 heteroatoms. The van der Waals surface area contributed by atoms with Crippen molar-refractivity contribution in [3.63, 3.8) is 0 Å². The van der Waals surface area contributed by atoms with Crippen molar-refractivity contribution in [2.45, 2.75) is 44.2 Å². The molecule has 2 aromatic rings. The van der Waals surface area contributed by atoms with Gasteiger partial charge in [0.05, 0.1) is 18.2 Å². The van der Waals surface area contributed by atoms with Gasteiger partial charge in [-0.05, 0) is 62.2 Å². The lowest BCUT2D eigenvalue weighted by Crippen LogP contribution is -2.50. The normalized spacial score (nSPS) is 22.9. The quantitative estimate of drug-likeness (QED) is 0.761. The summed E-state index contributed by atoms with van der Waals surface area (Å²) in [5, 5.41) is 9.36. The van der Waals surface area contributed by atoms with Gasteiger partial charge in [-0.3, -0.25) is 14.5 Å². The van der Waals surface area contributed by atoms with Crippen LogP contribution < -0.4 is 9.64 Å². The Morgan fingerprint density at radius 2 is 1.69 bits per heavy atom. The minimum atomic E-state index is -0.431. The van der Waals surface area contributed by atoms with Crippen LogP contribution in [0, 0.1) is 0 Å². The number of anilines is 1. The molecule has 2 aliphatic heterocycles. The van der Waals surface area contributed by atoms with Crippen molar-refractivity contribution in [2.24, 2.45) is 0 Å². The fraction of sp³-hybridized carbons (Fsp3) is 0.391. The summed E-state index contributed by atoms with van der Waals surface area (Å²) < 4.78 is 5.79. The number of amides is 2. The first-order valence-corrected chi connectivity index (χ1v) is 10.2. The van der Waals surface area contributed by atoms with Gasteiger partial charge in [0.25, 0.3) is 5.91 Å². The molecule has 2 aromatic carbocycles. The van der Waals surface area contributed by atoms with Gasteiger partial charge < -0.3 is 9.84 Å². The number of hydrogen-bond donors (Lipinski definition) is 1. The van der Waals surface area contributed by atoms with E-state index >= 15 is 0 Å². The first-order valence-electron chi connectivity index (χ1n) is 10.2. The number of aliphatic hydroxyl groups is 1. The third kappa shape index (κ3) is 4.18. The van der Waals surface area contributed by atoms with Crippen LogP contribution >= 0.6 is 0 Å². The Kier molecular flexibility index (Phi) is 5.92. The van der Waals surface area contributed by atoms with Crippen molar-refractivity contribution < 1.29 is 19.4 Å². The smallest absolute Gasteiger partial charge is 0.251 e. The van der Waals surface area contributed by atoms with E-state index in [-0.39, 0.29) is 30.9 Å². The predicted octanol–water partition coefficient (Wildman–Crippen LogP) is 3.35. The molecular weight excluding hydrogens is 368 g/mol. The number of hydrogen-bond acceptors (Lipinski definition) is 5. The highest BCUT2D eigenvalue weighted by atomic mass is 16.5. The maximum absolute atomic E-state index is 13.1. The SMILES string of the molecule is O=C1C[C@H](N2CCCC[C@H]2CCO)C(=O)N1c1ccc(Oc2ccccc2)cc1. The zero-order chi connectivity index (χ0) is 20.2. The molecule has 2 atom stereocenters. The molecule has 0 spiro atoms. The minimum Gasteiger partial charge on any atom is -0.457 e. The number of likely N-dealkylation sites (tertiary alicyclic amines) is 1. The molecule has 0 radical (unpaired) electrons. The fourth-order valence-corrected chi connectivity index (χ4v) is 4.33. The Hall–Kier alpha value is -2.70. The molecule has 1 N–H and O–H groups in total. The van der Waals surface area contributed by atoms with Crippen LogP contribution in [-0.2, 0) is 9.59 Å². The zero-order valence-electron chi connectivity index (χ0n) is 16.4. The van der Waals surface area contributed by atoms with E-state index in [0.717, 1.165) is 31.6 Å². The monoisotopic (exact) mass is 394 g/mol. The lowest BCUT2D eigenvalue weighted by Gasteiger charge is -2.38. The molecule has 0 aliphatic carbocycles. The molecular formula is C23H26N2O4. The summed E-state index contributed by atoms with van der Waals surface area (Å²) in [5.41, 5.74) is 0.568. The molecule has 2 saturated heterocycles. The third-order valence-corrected chi connectivity index (χ3v) is 5.73. The number of imide groups is 1. The second-order valence-corrected chi connectivity index (χ2v) is 7.60. The van der Waals surface area contributed by atoms with E-state index in [2.05, 4.69) is 4.90 Å². The number of benzene rings is 2. The second-order valence-electron chi connectivity index (χ2n) is 7.60. The van der Waals surface area contributed by atoms with E-state index in [0.29, 0.717) is 17.9 Å². The predicted molar refractivity (Wildman–Crippen MR) is 110 cm³/mol. The Morgan fingerprint density at radius 3 is 2.41 bits per heavy atom. The number of nitrogens with zero attached hydrogens (tertiary/aromatic N) is 2. The third-order valence-electron chi connectivity index (χ3n) is 5.73. The average Bonchev–Trinajstić information content (AvgIpc) is 3.04. The molecule has 29 heavy (non-hydrogen) atoms. The highest BCUT2D eigenvalue weighted by Crippen LogP contribution is 2.32. The topological polar surface area (TPSA) is 70.1 Å². The molecule has 4 rings (SSSR count). The van der Waals surface area contributed by atoms with Gasteiger partial charge in [0.15, 0.2) is 0 Å². The van der Waals surface area contributed by atoms with Crippen molar-refractivity contribution in [1.82, 2.24) is 4.90 Å². The van der Waals surface area contributed by atoms with E-state index in [1.54, 1.807) is 24.3 Å². The largest absolute Gasteiger partial charge is 0.457 e. The number of para-hydroxylation sites is 1. The van der Waals surface area contributed by atoms with Gasteiger partial charge >= 0.3 is 0 Å². The van der Waals surface area contributed by atoms with Crippen LogP contribution in [0.1, 0.15) is 32.1 Å². The zero-order valence-corrected chi connectivity index (χ0v) is 16.4. The molecule has 2 fully saturated rings. The van der Waals surface area contributed by atoms with Crippen LogP contribution in [0.25, 0.3) is 0 Å². The Bertz CT molecular complexity index is 851. The highest BCUT2D eigenvalue weighted by Gasteiger charge is 2.44. The maximum atomic E-state index is 13.1. The molecule has 2 aliphatic rings. The van der Waals surface area contributed by atoms with Gasteiger partial charge in [0.1, 0.15) is 11.5 Å². The van der Waals surface area contributed by atoms with Crippen LogP contribution in [0.3, 0.4) is 0 Å². The average molecular weight is 394 g/mol. The van der Waals surface area contributed by atoms with Gasteiger partial charge in [-0.2, -0.15) is 0 Å². The van der Waals surface area contributed by atoms with E-state index < -0.39 is 6.04 Å². The van der Waals surface area contributed by atoms with Crippen LogP contribution in [0.15, 0.2) is 54.6 Å². The van der Waals surface area contributed by atoms with E-state index in [1.807, 2.05) is 30.3 Å². The molecule has 0 unspecified atom stereocenters. The Morgan fingerprint density at radius 1 is 0.966 bits per heavy atom. The van der Waals surface area contributed by atoms with Crippen molar-refractivity contribution in [2.75, 3.05) is 18.1 Å². The fourth-order valence-electron chi connectivity index (χ4n) is 4.33. The van der Waals surface area contributed by atoms with Crippen LogP contribution in [0.2, 0.25) is 0 Å². The van der Waals surface area contributed by atoms with Crippen LogP contribution in [-0.4, -0.2) is 47.1 Å². The van der Waals surface area contributed by atoms with E-state index in [1.165, 1.54) is 4.90 Å². The summed E-state index contributed by atoms with van der Waals surface area (Å²) in [6.45, 7) is 0.897. The van der Waals surface area contributed by atoms with Crippen LogP contribution in [0.4, 0.5) is 5.69 Å². The molecule has 2 amide bonds. The van der Waals surface area contributed by atoms with Gasteiger partial charge in [0.2, 0.25) is 5.91 Å². The second kappa shape index (κ2) is 8.76. The molecule has 0 aromatic heterocycles. The lowest BCUT2D eigenvalue weighted by atomic mass is 9.97. The molecule has 152 valence electrons. The lowest BCUT2D eigenvalue weighted by molar-refractivity contribution is -0.123. The van der Waals surface area contributed by atoms with Gasteiger partial charge in [-0.1, -0.05) is 24.6 Å². The van der Waals surface area contributed by atoms with E-state index in [4.69, 9.17) is 4.74 Å². The van der Waals surface area contributed by atoms with Crippen molar-refractivity contribution in [1.29, 1.82) is 0 Å². The number of carbonyl (C=O) groups is 2. The number of ether oxygens (including phenoxy) is 1. The first kappa shape index (κ1) is 19.6. The summed E-state index contributed by atoms with van der Waals surface area (Å²) in [6.07, 6.45) is 3.92. The number of rotatable bonds is 6. The van der Waals surface area contributed by atoms with E-state index in [9.17, 15) is 14.7 Å². The number of carbonyl (C=O) groups excluding carboxylic acids is 2. The number of aliphatic hydroxyl groups excluding tert-OH is 1. The van der Waals surface area contributed by atoms with Crippen molar-refractivity contribution in [3.05, 3.63) is 54.6 Å². The van der Waals surface area contributed by atoms with Gasteiger partial charge in [-0.15, -0.1) is 0 Å². The summed E-state index contributed by atoms with van der Waals surface area (Å²) in [5.74, 6) is 1.03. The summed E-state index contributed by atoms with van der Waals surface area (Å²) in [4.78, 5) is 29.2. The summed E-state index contributed by atoms with van der Waals surface area (Å²) in [6, 6.07) is 16.2. The first-order chi connectivity index (χ1) is 14.2. The summed E-state index contributed by atoms with van der Waals surface area (Å²) in [7, 11) is 0. The van der Waals surface area contributed by atoms with Crippen LogP contribution in [0.5, 0.6) is 11.5 Å². The molecule has 6 nitrogen and oxygen atoms in total. The Labute approximate surface area is 170 Å². The maximum Gasteiger partial charge on any atom is 0.251 e. The number of piperidine rings is 1. The standard InChI is InChI=1S/C23H26N2O4/c26-15-13-17-6-4-5-14-24(17)21-16-22(27)25(23(21)28)18-9-11-20(12-10-18)29-19-7-2-1-3-8-19/h1-3,7-12,17,21,26H,4-6,13-16H2/t17-,21-/m0/s1. The molecule has 0 bridgehead atoms. The van der Waals surface area contributed by atoms with Gasteiger partial charge in [0, 0.05) is 12.6 Å².